The molecule has 3 unspecified atom stereocenters. The Morgan fingerprint density at radius 2 is 2.00 bits per heavy atom. The molecule has 1 aliphatic carbocycles. The quantitative estimate of drug-likeness (QED) is 0.677. The average molecular weight is 198 g/mol. The van der Waals surface area contributed by atoms with Crippen LogP contribution in [0.2, 0.25) is 0 Å². The van der Waals surface area contributed by atoms with Crippen molar-refractivity contribution in [3.8, 4) is 0 Å². The molecule has 1 saturated carbocycles. The van der Waals surface area contributed by atoms with Gasteiger partial charge in [0.15, 0.2) is 0 Å². The zero-order chi connectivity index (χ0) is 8.06. The fourth-order valence-corrected chi connectivity index (χ4v) is 2.22. The molecule has 2 aliphatic rings. The minimum Gasteiger partial charge on any atom is -0.316 e. The lowest BCUT2D eigenvalue weighted by atomic mass is 10.0. The molecule has 0 aromatic carbocycles. The number of rotatable bonds is 1. The molecule has 3 atom stereocenters. The van der Waals surface area contributed by atoms with E-state index in [4.69, 9.17) is 0 Å². The van der Waals surface area contributed by atoms with E-state index in [2.05, 4.69) is 5.32 Å². The summed E-state index contributed by atoms with van der Waals surface area (Å²) in [5.41, 5.74) is 0. The summed E-state index contributed by atoms with van der Waals surface area (Å²) in [5.74, 6) is -2.80. The number of hydrogen-bond acceptors (Lipinski definition) is 1. The summed E-state index contributed by atoms with van der Waals surface area (Å²) in [6.07, 6.45) is 0.935. The van der Waals surface area contributed by atoms with Gasteiger partial charge in [-0.05, 0) is 25.4 Å². The third-order valence-electron chi connectivity index (χ3n) is 3.09. The molecule has 2 rings (SSSR count). The van der Waals surface area contributed by atoms with Gasteiger partial charge in [-0.1, -0.05) is 6.92 Å². The summed E-state index contributed by atoms with van der Waals surface area (Å²) in [4.78, 5) is 0. The van der Waals surface area contributed by atoms with Gasteiger partial charge in [-0.2, -0.15) is 0 Å². The first-order valence-corrected chi connectivity index (χ1v) is 4.22. The largest absolute Gasteiger partial charge is 0.316 e. The summed E-state index contributed by atoms with van der Waals surface area (Å²) < 4.78 is 25.6. The van der Waals surface area contributed by atoms with Crippen LogP contribution in [-0.4, -0.2) is 19.0 Å². The summed E-state index contributed by atoms with van der Waals surface area (Å²) in [6, 6.07) is 0. The van der Waals surface area contributed by atoms with Gasteiger partial charge in [0.05, 0.1) is 0 Å². The second-order valence-electron chi connectivity index (χ2n) is 3.74. The van der Waals surface area contributed by atoms with Gasteiger partial charge in [0.2, 0.25) is 0 Å². The second kappa shape index (κ2) is 3.11. The lowest BCUT2D eigenvalue weighted by Crippen LogP contribution is -2.13. The van der Waals surface area contributed by atoms with Gasteiger partial charge in [0.1, 0.15) is 0 Å². The molecule has 0 aromatic heterocycles. The van der Waals surface area contributed by atoms with E-state index in [1.165, 1.54) is 0 Å². The second-order valence-corrected chi connectivity index (χ2v) is 3.74. The SMILES string of the molecule is CC1C(C2CCNC2)C1(F)F.Cl. The van der Waals surface area contributed by atoms with Gasteiger partial charge in [0, 0.05) is 11.8 Å². The highest BCUT2D eigenvalue weighted by molar-refractivity contribution is 5.85. The zero-order valence-corrected chi connectivity index (χ0v) is 7.83. The molecule has 1 saturated heterocycles. The predicted octanol–water partition coefficient (Wildman–Crippen LogP) is 1.92. The Balaban J connectivity index is 0.000000720. The van der Waals surface area contributed by atoms with E-state index >= 15 is 0 Å². The Morgan fingerprint density at radius 3 is 2.33 bits per heavy atom. The minimum absolute atomic E-state index is 0. The van der Waals surface area contributed by atoms with Crippen molar-refractivity contribution in [3.63, 3.8) is 0 Å². The molecule has 1 N–H and O–H groups in total. The van der Waals surface area contributed by atoms with E-state index < -0.39 is 5.92 Å². The summed E-state index contributed by atoms with van der Waals surface area (Å²) in [7, 11) is 0. The third kappa shape index (κ3) is 1.33. The first kappa shape index (κ1) is 10.2. The highest BCUT2D eigenvalue weighted by Crippen LogP contribution is 2.59. The van der Waals surface area contributed by atoms with E-state index in [0.29, 0.717) is 0 Å². The highest BCUT2D eigenvalue weighted by atomic mass is 35.5. The smallest absolute Gasteiger partial charge is 0.254 e. The lowest BCUT2D eigenvalue weighted by Gasteiger charge is -2.04. The van der Waals surface area contributed by atoms with Gasteiger partial charge in [0.25, 0.3) is 5.92 Å². The average Bonchev–Trinajstić information content (AvgIpc) is 2.40. The maximum Gasteiger partial charge on any atom is 0.254 e. The molecule has 0 bridgehead atoms. The van der Waals surface area contributed by atoms with Crippen LogP contribution in [0.5, 0.6) is 0 Å². The van der Waals surface area contributed by atoms with Gasteiger partial charge >= 0.3 is 0 Å². The van der Waals surface area contributed by atoms with Crippen LogP contribution in [0.1, 0.15) is 13.3 Å². The van der Waals surface area contributed by atoms with Crippen molar-refractivity contribution in [2.45, 2.75) is 19.3 Å². The Labute approximate surface area is 77.3 Å². The van der Waals surface area contributed by atoms with Crippen LogP contribution >= 0.6 is 12.4 Å². The fraction of sp³-hybridized carbons (Fsp3) is 1.00. The maximum absolute atomic E-state index is 12.8. The maximum atomic E-state index is 12.8. The van der Waals surface area contributed by atoms with Crippen LogP contribution in [0.15, 0.2) is 0 Å². The van der Waals surface area contributed by atoms with E-state index in [1.807, 2.05) is 0 Å². The van der Waals surface area contributed by atoms with Gasteiger partial charge < -0.3 is 5.32 Å². The molecule has 4 heteroatoms. The molecule has 0 amide bonds. The normalized spacial score (nSPS) is 43.8. The fourth-order valence-electron chi connectivity index (χ4n) is 2.22. The van der Waals surface area contributed by atoms with E-state index in [-0.39, 0.29) is 30.2 Å². The van der Waals surface area contributed by atoms with E-state index in [9.17, 15) is 8.78 Å². The minimum atomic E-state index is -2.35. The first-order chi connectivity index (χ1) is 5.14. The molecular weight excluding hydrogens is 184 g/mol. The number of halogens is 3. The molecule has 0 aromatic rings. The van der Waals surface area contributed by atoms with Crippen molar-refractivity contribution >= 4 is 12.4 Å². The molecule has 72 valence electrons. The van der Waals surface area contributed by atoms with E-state index in [1.54, 1.807) is 6.92 Å². The predicted molar refractivity (Wildman–Crippen MR) is 45.8 cm³/mol. The highest BCUT2D eigenvalue weighted by Gasteiger charge is 2.67. The molecule has 1 nitrogen and oxygen atoms in total. The van der Waals surface area contributed by atoms with Gasteiger partial charge in [-0.15, -0.1) is 12.4 Å². The summed E-state index contributed by atoms with van der Waals surface area (Å²) in [5, 5.41) is 3.12. The summed E-state index contributed by atoms with van der Waals surface area (Å²) >= 11 is 0. The molecule has 1 aliphatic heterocycles. The zero-order valence-electron chi connectivity index (χ0n) is 7.02. The number of nitrogens with one attached hydrogen (secondary N) is 1. The van der Waals surface area contributed by atoms with Crippen molar-refractivity contribution in [2.24, 2.45) is 17.8 Å². The van der Waals surface area contributed by atoms with Crippen LogP contribution in [-0.2, 0) is 0 Å². The van der Waals surface area contributed by atoms with Crippen LogP contribution in [0.25, 0.3) is 0 Å². The Morgan fingerprint density at radius 1 is 1.42 bits per heavy atom. The van der Waals surface area contributed by atoms with Crippen molar-refractivity contribution in [1.29, 1.82) is 0 Å². The Hall–Kier alpha value is 0.110. The Kier molecular flexibility index (Phi) is 2.64. The molecular formula is C8H14ClF2N. The monoisotopic (exact) mass is 197 g/mol. The standard InChI is InChI=1S/C8H13F2N.ClH/c1-5-7(8(5,9)10)6-2-3-11-4-6;/h5-7,11H,2-4H2,1H3;1H. The molecule has 12 heavy (non-hydrogen) atoms. The molecule has 2 fully saturated rings. The molecule has 1 heterocycles. The van der Waals surface area contributed by atoms with Gasteiger partial charge in [-0.3, -0.25) is 0 Å². The third-order valence-corrected chi connectivity index (χ3v) is 3.09. The van der Waals surface area contributed by atoms with Crippen LogP contribution in [0, 0.1) is 17.8 Å². The van der Waals surface area contributed by atoms with Crippen molar-refractivity contribution in [2.75, 3.05) is 13.1 Å². The Bertz CT molecular complexity index is 168. The van der Waals surface area contributed by atoms with Gasteiger partial charge in [-0.25, -0.2) is 8.78 Å². The topological polar surface area (TPSA) is 12.0 Å². The van der Waals surface area contributed by atoms with Crippen LogP contribution < -0.4 is 5.32 Å². The number of alkyl halides is 2. The van der Waals surface area contributed by atoms with E-state index in [0.717, 1.165) is 19.5 Å². The molecule has 0 spiro atoms. The van der Waals surface area contributed by atoms with Crippen molar-refractivity contribution in [3.05, 3.63) is 0 Å². The van der Waals surface area contributed by atoms with Crippen LogP contribution in [0.3, 0.4) is 0 Å². The summed E-state index contributed by atoms with van der Waals surface area (Å²) in [6.45, 7) is 3.37. The lowest BCUT2D eigenvalue weighted by molar-refractivity contribution is 0.0772. The van der Waals surface area contributed by atoms with Crippen molar-refractivity contribution in [1.82, 2.24) is 5.32 Å². The molecule has 0 radical (unpaired) electrons. The number of hydrogen-bond donors (Lipinski definition) is 1. The van der Waals surface area contributed by atoms with Crippen LogP contribution in [0.4, 0.5) is 8.78 Å². The van der Waals surface area contributed by atoms with Crippen molar-refractivity contribution < 1.29 is 8.78 Å². The first-order valence-electron chi connectivity index (χ1n) is 4.22.